The van der Waals surface area contributed by atoms with Gasteiger partial charge < -0.3 is 0 Å². The van der Waals surface area contributed by atoms with Crippen LogP contribution in [0.2, 0.25) is 0 Å². The van der Waals surface area contributed by atoms with E-state index in [1.54, 1.807) is 12.1 Å². The maximum atomic E-state index is 12.4. The summed E-state index contributed by atoms with van der Waals surface area (Å²) in [4.78, 5) is 4.26. The van der Waals surface area contributed by atoms with Gasteiger partial charge in [0, 0.05) is 6.54 Å². The summed E-state index contributed by atoms with van der Waals surface area (Å²) in [7, 11) is 0. The summed E-state index contributed by atoms with van der Waals surface area (Å²) >= 11 is 0. The van der Waals surface area contributed by atoms with Crippen molar-refractivity contribution < 1.29 is 13.6 Å². The van der Waals surface area contributed by atoms with Gasteiger partial charge in [-0.3, -0.25) is 4.84 Å². The minimum absolute atomic E-state index is 0.287. The molecule has 0 unspecified atom stereocenters. The van der Waals surface area contributed by atoms with Crippen LogP contribution in [0.25, 0.3) is 0 Å². The second-order valence-electron chi connectivity index (χ2n) is 2.20. The Balaban J connectivity index is 2.37. The Hall–Kier alpha value is -1.00. The van der Waals surface area contributed by atoms with Crippen molar-refractivity contribution in [3.05, 3.63) is 35.6 Å². The zero-order chi connectivity index (χ0) is 8.81. The Bertz CT molecular complexity index is 225. The maximum Gasteiger partial charge on any atom is 0.207 e. The third kappa shape index (κ3) is 2.94. The molecule has 0 atom stereocenters. The highest BCUT2D eigenvalue weighted by Crippen LogP contribution is 2.01. The Labute approximate surface area is 69.1 Å². The molecule has 1 aromatic carbocycles. The van der Waals surface area contributed by atoms with E-state index in [1.807, 2.05) is 0 Å². The van der Waals surface area contributed by atoms with E-state index in [2.05, 4.69) is 10.3 Å². The molecule has 1 rings (SSSR count). The lowest BCUT2D eigenvalue weighted by atomic mass is 10.2. The maximum absolute atomic E-state index is 12.4. The van der Waals surface area contributed by atoms with Crippen LogP contribution in [0.1, 0.15) is 5.56 Å². The van der Waals surface area contributed by atoms with Gasteiger partial charge in [-0.25, -0.2) is 8.78 Å². The number of benzene rings is 1. The van der Waals surface area contributed by atoms with Crippen molar-refractivity contribution in [2.75, 3.05) is 6.86 Å². The highest BCUT2D eigenvalue weighted by molar-refractivity contribution is 5.15. The molecule has 0 amide bonds. The van der Waals surface area contributed by atoms with Gasteiger partial charge in [0.1, 0.15) is 5.82 Å². The first-order chi connectivity index (χ1) is 5.83. The fourth-order valence-corrected chi connectivity index (χ4v) is 0.775. The first kappa shape index (κ1) is 9.09. The predicted molar refractivity (Wildman–Crippen MR) is 40.3 cm³/mol. The number of rotatable bonds is 4. The topological polar surface area (TPSA) is 21.3 Å². The van der Waals surface area contributed by atoms with E-state index in [-0.39, 0.29) is 5.82 Å². The molecule has 2 nitrogen and oxygen atoms in total. The van der Waals surface area contributed by atoms with Gasteiger partial charge >= 0.3 is 0 Å². The fourth-order valence-electron chi connectivity index (χ4n) is 0.775. The molecule has 1 N–H and O–H groups in total. The zero-order valence-electron chi connectivity index (χ0n) is 6.39. The van der Waals surface area contributed by atoms with Gasteiger partial charge in [-0.1, -0.05) is 12.1 Å². The van der Waals surface area contributed by atoms with Gasteiger partial charge in [-0.15, -0.1) is 0 Å². The van der Waals surface area contributed by atoms with Crippen LogP contribution in [0.4, 0.5) is 8.78 Å². The highest BCUT2D eigenvalue weighted by Gasteiger charge is 1.92. The van der Waals surface area contributed by atoms with Crippen LogP contribution in [-0.4, -0.2) is 6.86 Å². The molecule has 0 heterocycles. The first-order valence-electron chi connectivity index (χ1n) is 3.48. The first-order valence-corrected chi connectivity index (χ1v) is 3.48. The number of hydroxylamine groups is 1. The summed E-state index contributed by atoms with van der Waals surface area (Å²) in [6, 6.07) is 5.88. The van der Waals surface area contributed by atoms with Gasteiger partial charge in [0.05, 0.1) is 0 Å². The standard InChI is InChI=1S/C8H9F2NO/c9-6-12-11-5-7-1-3-8(10)4-2-7/h1-4,11H,5-6H2. The van der Waals surface area contributed by atoms with Crippen LogP contribution in [0.5, 0.6) is 0 Å². The molecule has 0 aliphatic carbocycles. The van der Waals surface area contributed by atoms with Gasteiger partial charge in [0.25, 0.3) is 0 Å². The molecule has 66 valence electrons. The summed E-state index contributed by atoms with van der Waals surface area (Å²) in [6.45, 7) is -0.509. The Morgan fingerprint density at radius 2 is 1.92 bits per heavy atom. The molecule has 0 saturated carbocycles. The SMILES string of the molecule is FCONCc1ccc(F)cc1. The Morgan fingerprint density at radius 3 is 2.50 bits per heavy atom. The lowest BCUT2D eigenvalue weighted by Crippen LogP contribution is -2.12. The summed E-state index contributed by atoms with van der Waals surface area (Å²) in [5.41, 5.74) is 3.21. The smallest absolute Gasteiger partial charge is 0.207 e. The highest BCUT2D eigenvalue weighted by atomic mass is 19.1. The van der Waals surface area contributed by atoms with Gasteiger partial charge in [-0.2, -0.15) is 5.48 Å². The number of hydrogen-bond donors (Lipinski definition) is 1. The van der Waals surface area contributed by atoms with Crippen LogP contribution >= 0.6 is 0 Å². The summed E-state index contributed by atoms with van der Waals surface area (Å²) in [6.07, 6.45) is 0. The third-order valence-electron chi connectivity index (χ3n) is 1.35. The van der Waals surface area contributed by atoms with Crippen molar-refractivity contribution >= 4 is 0 Å². The van der Waals surface area contributed by atoms with E-state index in [9.17, 15) is 8.78 Å². The van der Waals surface area contributed by atoms with Crippen molar-refractivity contribution in [3.63, 3.8) is 0 Å². The fraction of sp³-hybridized carbons (Fsp3) is 0.250. The largest absolute Gasteiger partial charge is 0.268 e. The van der Waals surface area contributed by atoms with Crippen LogP contribution in [0.15, 0.2) is 24.3 Å². The van der Waals surface area contributed by atoms with Crippen LogP contribution in [-0.2, 0) is 11.4 Å². The van der Waals surface area contributed by atoms with E-state index in [0.717, 1.165) is 5.56 Å². The Kier molecular flexibility index (Phi) is 3.63. The molecule has 0 aliphatic rings. The van der Waals surface area contributed by atoms with Crippen LogP contribution in [0.3, 0.4) is 0 Å². The van der Waals surface area contributed by atoms with E-state index >= 15 is 0 Å². The summed E-state index contributed by atoms with van der Waals surface area (Å²) in [5.74, 6) is -0.287. The number of hydrogen-bond acceptors (Lipinski definition) is 2. The monoisotopic (exact) mass is 173 g/mol. The van der Waals surface area contributed by atoms with Gasteiger partial charge in [0.15, 0.2) is 0 Å². The van der Waals surface area contributed by atoms with Crippen molar-refractivity contribution in [2.24, 2.45) is 0 Å². The number of halogens is 2. The molecule has 0 radical (unpaired) electrons. The molecule has 0 spiro atoms. The second kappa shape index (κ2) is 4.79. The number of nitrogens with one attached hydrogen (secondary N) is 1. The van der Waals surface area contributed by atoms with Crippen molar-refractivity contribution in [2.45, 2.75) is 6.54 Å². The summed E-state index contributed by atoms with van der Waals surface area (Å²) < 4.78 is 23.8. The second-order valence-corrected chi connectivity index (χ2v) is 2.20. The lowest BCUT2D eigenvalue weighted by Gasteiger charge is -2.01. The molecular weight excluding hydrogens is 164 g/mol. The Morgan fingerprint density at radius 1 is 1.25 bits per heavy atom. The van der Waals surface area contributed by atoms with E-state index < -0.39 is 6.86 Å². The molecule has 4 heteroatoms. The zero-order valence-corrected chi connectivity index (χ0v) is 6.39. The van der Waals surface area contributed by atoms with E-state index in [0.29, 0.717) is 6.54 Å². The third-order valence-corrected chi connectivity index (χ3v) is 1.35. The average molecular weight is 173 g/mol. The van der Waals surface area contributed by atoms with E-state index in [1.165, 1.54) is 12.1 Å². The lowest BCUT2D eigenvalue weighted by molar-refractivity contribution is -0.0199. The molecule has 0 fully saturated rings. The van der Waals surface area contributed by atoms with Crippen molar-refractivity contribution in [3.8, 4) is 0 Å². The molecule has 1 aromatic rings. The molecule has 0 aliphatic heterocycles. The van der Waals surface area contributed by atoms with Crippen LogP contribution < -0.4 is 5.48 Å². The minimum Gasteiger partial charge on any atom is -0.268 e. The number of alkyl halides is 1. The van der Waals surface area contributed by atoms with Gasteiger partial charge in [-0.05, 0) is 17.7 Å². The molecule has 0 aromatic heterocycles. The van der Waals surface area contributed by atoms with Crippen molar-refractivity contribution in [1.82, 2.24) is 5.48 Å². The van der Waals surface area contributed by atoms with E-state index in [4.69, 9.17) is 0 Å². The molecular formula is C8H9F2NO. The normalized spacial score (nSPS) is 10.2. The molecule has 12 heavy (non-hydrogen) atoms. The molecule has 0 bridgehead atoms. The predicted octanol–water partition coefficient (Wildman–Crippen LogP) is 1.77. The summed E-state index contributed by atoms with van der Waals surface area (Å²) in [5, 5.41) is 0. The average Bonchev–Trinajstić information content (AvgIpc) is 2.09. The van der Waals surface area contributed by atoms with Crippen molar-refractivity contribution in [1.29, 1.82) is 0 Å². The van der Waals surface area contributed by atoms with Crippen LogP contribution in [0, 0.1) is 5.82 Å². The minimum atomic E-state index is -0.874. The molecule has 0 saturated heterocycles. The quantitative estimate of drug-likeness (QED) is 0.553. The van der Waals surface area contributed by atoms with Gasteiger partial charge in [0.2, 0.25) is 6.86 Å².